The van der Waals surface area contributed by atoms with Crippen molar-refractivity contribution in [2.45, 2.75) is 42.7 Å². The van der Waals surface area contributed by atoms with Crippen molar-refractivity contribution in [2.24, 2.45) is 5.92 Å². The largest absolute Gasteiger partial charge is 0.439 e. The Hall–Kier alpha value is -1.79. The molecule has 0 spiro atoms. The Morgan fingerprint density at radius 1 is 1.25 bits per heavy atom. The van der Waals surface area contributed by atoms with E-state index in [4.69, 9.17) is 9.52 Å². The Kier molecular flexibility index (Phi) is 5.93. The summed E-state index contributed by atoms with van der Waals surface area (Å²) in [4.78, 5) is 16.5. The molecule has 1 saturated carbocycles. The smallest absolute Gasteiger partial charge is 0.273 e. The summed E-state index contributed by atoms with van der Waals surface area (Å²) in [5.41, 5.74) is 1.52. The van der Waals surface area contributed by atoms with Crippen LogP contribution < -0.4 is 5.32 Å². The van der Waals surface area contributed by atoms with Crippen molar-refractivity contribution in [3.63, 3.8) is 0 Å². The zero-order valence-corrected chi connectivity index (χ0v) is 14.3. The SMILES string of the molecule is O=C(NC1CCC(CO)CC1)c1coc(SCc2ccccc2)n1. The van der Waals surface area contributed by atoms with Crippen molar-refractivity contribution in [1.82, 2.24) is 10.3 Å². The van der Waals surface area contributed by atoms with Crippen molar-refractivity contribution < 1.29 is 14.3 Å². The van der Waals surface area contributed by atoms with E-state index in [0.717, 1.165) is 31.4 Å². The molecule has 2 aromatic rings. The van der Waals surface area contributed by atoms with Gasteiger partial charge in [-0.1, -0.05) is 42.1 Å². The van der Waals surface area contributed by atoms with Crippen LogP contribution >= 0.6 is 11.8 Å². The number of aliphatic hydroxyl groups is 1. The highest BCUT2D eigenvalue weighted by atomic mass is 32.2. The fourth-order valence-electron chi connectivity index (χ4n) is 2.90. The third-order valence-corrected chi connectivity index (χ3v) is 5.27. The number of carbonyl (C=O) groups excluding carboxylic acids is 1. The topological polar surface area (TPSA) is 75.4 Å². The van der Waals surface area contributed by atoms with Crippen LogP contribution in [0.4, 0.5) is 0 Å². The number of hydrogen-bond acceptors (Lipinski definition) is 5. The summed E-state index contributed by atoms with van der Waals surface area (Å²) in [5.74, 6) is 0.956. The van der Waals surface area contributed by atoms with Gasteiger partial charge >= 0.3 is 0 Å². The summed E-state index contributed by atoms with van der Waals surface area (Å²) in [6, 6.07) is 10.2. The number of hydrogen-bond donors (Lipinski definition) is 2. The standard InChI is InChI=1S/C18H22N2O3S/c21-10-13-6-8-15(9-7-13)19-17(22)16-11-23-18(20-16)24-12-14-4-2-1-3-5-14/h1-5,11,13,15,21H,6-10,12H2,(H,19,22). The van der Waals surface area contributed by atoms with Crippen molar-refractivity contribution in [3.8, 4) is 0 Å². The van der Waals surface area contributed by atoms with Gasteiger partial charge in [0.15, 0.2) is 5.69 Å². The van der Waals surface area contributed by atoms with Crippen LogP contribution in [0.1, 0.15) is 41.7 Å². The highest BCUT2D eigenvalue weighted by Crippen LogP contribution is 2.25. The number of benzene rings is 1. The van der Waals surface area contributed by atoms with Gasteiger partial charge in [-0.05, 0) is 37.2 Å². The summed E-state index contributed by atoms with van der Waals surface area (Å²) in [6.45, 7) is 0.242. The molecule has 1 heterocycles. The first-order valence-electron chi connectivity index (χ1n) is 8.28. The Balaban J connectivity index is 1.49. The minimum atomic E-state index is -0.183. The number of amides is 1. The van der Waals surface area contributed by atoms with Crippen molar-refractivity contribution >= 4 is 17.7 Å². The predicted octanol–water partition coefficient (Wildman–Crippen LogP) is 3.25. The first-order valence-corrected chi connectivity index (χ1v) is 9.27. The molecule has 0 aliphatic heterocycles. The molecule has 3 rings (SSSR count). The Morgan fingerprint density at radius 2 is 2.00 bits per heavy atom. The highest BCUT2D eigenvalue weighted by molar-refractivity contribution is 7.98. The van der Waals surface area contributed by atoms with Gasteiger partial charge in [-0.15, -0.1) is 0 Å². The molecule has 0 radical (unpaired) electrons. The second-order valence-corrected chi connectivity index (χ2v) is 7.07. The minimum absolute atomic E-state index is 0.164. The molecule has 128 valence electrons. The van der Waals surface area contributed by atoms with Gasteiger partial charge in [-0.2, -0.15) is 4.98 Å². The Labute approximate surface area is 145 Å². The summed E-state index contributed by atoms with van der Waals surface area (Å²) in [7, 11) is 0. The normalized spacial score (nSPS) is 20.7. The quantitative estimate of drug-likeness (QED) is 0.785. The number of oxazole rings is 1. The summed E-state index contributed by atoms with van der Waals surface area (Å²) in [5, 5.41) is 12.7. The number of thioether (sulfide) groups is 1. The molecule has 0 atom stereocenters. The number of aromatic nitrogens is 1. The fraction of sp³-hybridized carbons (Fsp3) is 0.444. The molecule has 1 aromatic heterocycles. The van der Waals surface area contributed by atoms with Gasteiger partial charge in [0.05, 0.1) is 0 Å². The van der Waals surface area contributed by atoms with E-state index < -0.39 is 0 Å². The molecule has 1 amide bonds. The molecule has 1 aliphatic rings. The molecule has 1 aromatic carbocycles. The summed E-state index contributed by atoms with van der Waals surface area (Å²) in [6.07, 6.45) is 5.15. The number of nitrogens with zero attached hydrogens (tertiary/aromatic N) is 1. The van der Waals surface area contributed by atoms with E-state index in [9.17, 15) is 4.79 Å². The summed E-state index contributed by atoms with van der Waals surface area (Å²) < 4.78 is 5.39. The maximum atomic E-state index is 12.3. The highest BCUT2D eigenvalue weighted by Gasteiger charge is 2.23. The van der Waals surface area contributed by atoms with E-state index in [-0.39, 0.29) is 18.6 Å². The van der Waals surface area contributed by atoms with Gasteiger partial charge in [0.2, 0.25) is 0 Å². The summed E-state index contributed by atoms with van der Waals surface area (Å²) >= 11 is 1.48. The molecule has 0 saturated heterocycles. The average Bonchev–Trinajstić information content (AvgIpc) is 3.11. The average molecular weight is 346 g/mol. The van der Waals surface area contributed by atoms with E-state index in [2.05, 4.69) is 10.3 Å². The van der Waals surface area contributed by atoms with Crippen LogP contribution in [0, 0.1) is 5.92 Å². The third kappa shape index (κ3) is 4.61. The van der Waals surface area contributed by atoms with Crippen molar-refractivity contribution in [1.29, 1.82) is 0 Å². The molecular weight excluding hydrogens is 324 g/mol. The molecule has 1 fully saturated rings. The van der Waals surface area contributed by atoms with Gasteiger partial charge < -0.3 is 14.8 Å². The van der Waals surface area contributed by atoms with E-state index in [0.29, 0.717) is 16.8 Å². The van der Waals surface area contributed by atoms with Crippen LogP contribution in [-0.4, -0.2) is 28.6 Å². The number of rotatable bonds is 6. The van der Waals surface area contributed by atoms with Crippen LogP contribution in [0.3, 0.4) is 0 Å². The van der Waals surface area contributed by atoms with Crippen LogP contribution in [-0.2, 0) is 5.75 Å². The molecule has 0 bridgehead atoms. The van der Waals surface area contributed by atoms with Crippen LogP contribution in [0.15, 0.2) is 46.2 Å². The lowest BCUT2D eigenvalue weighted by molar-refractivity contribution is 0.0909. The van der Waals surface area contributed by atoms with Crippen molar-refractivity contribution in [2.75, 3.05) is 6.61 Å². The number of nitrogens with one attached hydrogen (secondary N) is 1. The van der Waals surface area contributed by atoms with Crippen LogP contribution in [0.25, 0.3) is 0 Å². The van der Waals surface area contributed by atoms with E-state index in [1.165, 1.54) is 23.6 Å². The molecule has 2 N–H and O–H groups in total. The molecule has 1 aliphatic carbocycles. The maximum Gasteiger partial charge on any atom is 0.273 e. The fourth-order valence-corrected chi connectivity index (χ4v) is 3.66. The van der Waals surface area contributed by atoms with Gasteiger partial charge in [0.1, 0.15) is 6.26 Å². The maximum absolute atomic E-state index is 12.3. The minimum Gasteiger partial charge on any atom is -0.439 e. The first kappa shape index (κ1) is 17.0. The van der Waals surface area contributed by atoms with Gasteiger partial charge in [-0.25, -0.2) is 0 Å². The number of carbonyl (C=O) groups is 1. The van der Waals surface area contributed by atoms with Gasteiger partial charge in [0.25, 0.3) is 11.1 Å². The van der Waals surface area contributed by atoms with E-state index >= 15 is 0 Å². The third-order valence-electron chi connectivity index (χ3n) is 4.36. The second-order valence-electron chi connectivity index (χ2n) is 6.15. The van der Waals surface area contributed by atoms with Gasteiger partial charge in [0, 0.05) is 18.4 Å². The first-order chi connectivity index (χ1) is 11.7. The molecule has 0 unspecified atom stereocenters. The lowest BCUT2D eigenvalue weighted by atomic mass is 9.86. The lowest BCUT2D eigenvalue weighted by Crippen LogP contribution is -2.38. The Morgan fingerprint density at radius 3 is 2.71 bits per heavy atom. The second kappa shape index (κ2) is 8.35. The lowest BCUT2D eigenvalue weighted by Gasteiger charge is -2.27. The van der Waals surface area contributed by atoms with Gasteiger partial charge in [-0.3, -0.25) is 4.79 Å². The zero-order valence-electron chi connectivity index (χ0n) is 13.5. The number of aliphatic hydroxyl groups excluding tert-OH is 1. The molecular formula is C18H22N2O3S. The zero-order chi connectivity index (χ0) is 16.8. The Bertz CT molecular complexity index is 651. The monoisotopic (exact) mass is 346 g/mol. The van der Waals surface area contributed by atoms with E-state index in [1.807, 2.05) is 30.3 Å². The van der Waals surface area contributed by atoms with Crippen molar-refractivity contribution in [3.05, 3.63) is 47.9 Å². The molecule has 5 nitrogen and oxygen atoms in total. The molecule has 24 heavy (non-hydrogen) atoms. The van der Waals surface area contributed by atoms with Crippen LogP contribution in [0.5, 0.6) is 0 Å². The van der Waals surface area contributed by atoms with Crippen LogP contribution in [0.2, 0.25) is 0 Å². The molecule has 6 heteroatoms. The predicted molar refractivity (Wildman–Crippen MR) is 92.8 cm³/mol. The van der Waals surface area contributed by atoms with E-state index in [1.54, 1.807) is 0 Å².